The predicted octanol–water partition coefficient (Wildman–Crippen LogP) is 4.53. The number of anilines is 1. The van der Waals surface area contributed by atoms with Gasteiger partial charge in [0.2, 0.25) is 5.91 Å². The molecule has 2 N–H and O–H groups in total. The van der Waals surface area contributed by atoms with E-state index in [1.807, 2.05) is 62.4 Å². The largest absolute Gasteiger partial charge is 0.497 e. The Kier molecular flexibility index (Phi) is 5.99. The smallest absolute Gasteiger partial charge is 0.232 e. The van der Waals surface area contributed by atoms with Crippen molar-refractivity contribution >= 4 is 11.6 Å². The molecule has 1 heterocycles. The third-order valence-corrected chi connectivity index (χ3v) is 4.78. The standard InChI is InChI=1S/C22H25N3O3/c1-5-17(15-9-7-6-8-10-15)22(26)23-20-14(2)24-25-21(20)18-13-16(27-3)11-12-19(18)28-4/h6-13,17H,5H2,1-4H3,(H,23,26)(H,24,25)/t17-/m0/s1. The second-order valence-corrected chi connectivity index (χ2v) is 6.50. The molecule has 0 radical (unpaired) electrons. The van der Waals surface area contributed by atoms with Gasteiger partial charge in [-0.3, -0.25) is 9.89 Å². The molecule has 1 atom stereocenters. The number of hydrogen-bond acceptors (Lipinski definition) is 4. The highest BCUT2D eigenvalue weighted by Gasteiger charge is 2.23. The topological polar surface area (TPSA) is 76.2 Å². The molecule has 0 unspecified atom stereocenters. The van der Waals surface area contributed by atoms with Crippen LogP contribution in [0.15, 0.2) is 48.5 Å². The Morgan fingerprint density at radius 3 is 2.54 bits per heavy atom. The van der Waals surface area contributed by atoms with Gasteiger partial charge in [-0.15, -0.1) is 0 Å². The Morgan fingerprint density at radius 2 is 1.89 bits per heavy atom. The van der Waals surface area contributed by atoms with E-state index in [-0.39, 0.29) is 11.8 Å². The van der Waals surface area contributed by atoms with Gasteiger partial charge >= 0.3 is 0 Å². The highest BCUT2D eigenvalue weighted by atomic mass is 16.5. The summed E-state index contributed by atoms with van der Waals surface area (Å²) in [5, 5.41) is 10.4. The van der Waals surface area contributed by atoms with Crippen molar-refractivity contribution in [2.75, 3.05) is 19.5 Å². The normalized spacial score (nSPS) is 11.7. The van der Waals surface area contributed by atoms with Crippen LogP contribution in [0, 0.1) is 6.92 Å². The van der Waals surface area contributed by atoms with Crippen LogP contribution >= 0.6 is 0 Å². The lowest BCUT2D eigenvalue weighted by molar-refractivity contribution is -0.117. The van der Waals surface area contributed by atoms with Gasteiger partial charge in [-0.2, -0.15) is 5.10 Å². The Hall–Kier alpha value is -3.28. The average Bonchev–Trinajstić information content (AvgIpc) is 3.09. The fraction of sp³-hybridized carbons (Fsp3) is 0.273. The second kappa shape index (κ2) is 8.61. The van der Waals surface area contributed by atoms with Gasteiger partial charge < -0.3 is 14.8 Å². The minimum atomic E-state index is -0.240. The van der Waals surface area contributed by atoms with Gasteiger partial charge in [-0.1, -0.05) is 37.3 Å². The number of methoxy groups -OCH3 is 2. The van der Waals surface area contributed by atoms with E-state index in [0.29, 0.717) is 29.3 Å². The Balaban J connectivity index is 1.97. The van der Waals surface area contributed by atoms with E-state index in [1.54, 1.807) is 14.2 Å². The first-order valence-corrected chi connectivity index (χ1v) is 9.22. The van der Waals surface area contributed by atoms with Crippen molar-refractivity contribution in [3.8, 4) is 22.8 Å². The monoisotopic (exact) mass is 379 g/mol. The van der Waals surface area contributed by atoms with E-state index in [4.69, 9.17) is 9.47 Å². The molecule has 0 fully saturated rings. The molecule has 0 saturated carbocycles. The average molecular weight is 379 g/mol. The van der Waals surface area contributed by atoms with Crippen LogP contribution in [0.1, 0.15) is 30.5 Å². The SMILES string of the molecule is CC[C@H](C(=O)Nc1c(-c2cc(OC)ccc2OC)n[nH]c1C)c1ccccc1. The number of aryl methyl sites for hydroxylation is 1. The first kappa shape index (κ1) is 19.5. The van der Waals surface area contributed by atoms with Crippen LogP contribution in [0.3, 0.4) is 0 Å². The molecule has 6 heteroatoms. The third-order valence-electron chi connectivity index (χ3n) is 4.78. The van der Waals surface area contributed by atoms with Crippen molar-refractivity contribution in [2.24, 2.45) is 0 Å². The van der Waals surface area contributed by atoms with E-state index in [9.17, 15) is 4.79 Å². The number of benzene rings is 2. The van der Waals surface area contributed by atoms with E-state index >= 15 is 0 Å². The number of aromatic amines is 1. The minimum Gasteiger partial charge on any atom is -0.497 e. The van der Waals surface area contributed by atoms with E-state index < -0.39 is 0 Å². The number of amides is 1. The van der Waals surface area contributed by atoms with Crippen LogP contribution in [0.4, 0.5) is 5.69 Å². The molecular weight excluding hydrogens is 354 g/mol. The Bertz CT molecular complexity index is 951. The zero-order valence-corrected chi connectivity index (χ0v) is 16.6. The van der Waals surface area contributed by atoms with Crippen molar-refractivity contribution in [3.63, 3.8) is 0 Å². The van der Waals surface area contributed by atoms with Crippen molar-refractivity contribution in [1.29, 1.82) is 0 Å². The number of nitrogens with one attached hydrogen (secondary N) is 2. The van der Waals surface area contributed by atoms with Gasteiger partial charge in [0.05, 0.1) is 31.5 Å². The van der Waals surface area contributed by atoms with Crippen LogP contribution in [-0.2, 0) is 4.79 Å². The lowest BCUT2D eigenvalue weighted by Gasteiger charge is -2.16. The molecule has 0 saturated heterocycles. The molecule has 0 aliphatic carbocycles. The maximum atomic E-state index is 13.0. The second-order valence-electron chi connectivity index (χ2n) is 6.50. The number of hydrogen-bond donors (Lipinski definition) is 2. The molecule has 6 nitrogen and oxygen atoms in total. The zero-order valence-electron chi connectivity index (χ0n) is 16.6. The Morgan fingerprint density at radius 1 is 1.14 bits per heavy atom. The zero-order chi connectivity index (χ0) is 20.1. The summed E-state index contributed by atoms with van der Waals surface area (Å²) in [5.74, 6) is 1.03. The van der Waals surface area contributed by atoms with E-state index in [0.717, 1.165) is 16.8 Å². The van der Waals surface area contributed by atoms with Gasteiger partial charge in [0.1, 0.15) is 17.2 Å². The number of H-pyrrole nitrogens is 1. The van der Waals surface area contributed by atoms with Crippen LogP contribution in [0.25, 0.3) is 11.3 Å². The number of carbonyl (C=O) groups excluding carboxylic acids is 1. The molecule has 0 aliphatic rings. The molecule has 3 aromatic rings. The minimum absolute atomic E-state index is 0.0682. The van der Waals surface area contributed by atoms with Gasteiger partial charge in [0.25, 0.3) is 0 Å². The first-order chi connectivity index (χ1) is 13.6. The van der Waals surface area contributed by atoms with Gasteiger partial charge in [-0.25, -0.2) is 0 Å². The van der Waals surface area contributed by atoms with Gasteiger partial charge in [-0.05, 0) is 37.1 Å². The summed E-state index contributed by atoms with van der Waals surface area (Å²) in [5.41, 5.74) is 3.77. The summed E-state index contributed by atoms with van der Waals surface area (Å²) < 4.78 is 10.8. The lowest BCUT2D eigenvalue weighted by atomic mass is 9.95. The first-order valence-electron chi connectivity index (χ1n) is 9.22. The molecule has 1 amide bonds. The number of rotatable bonds is 7. The van der Waals surface area contributed by atoms with Crippen molar-refractivity contribution in [3.05, 3.63) is 59.8 Å². The molecule has 0 aliphatic heterocycles. The molecule has 0 bridgehead atoms. The van der Waals surface area contributed by atoms with E-state index in [2.05, 4.69) is 15.5 Å². The fourth-order valence-corrected chi connectivity index (χ4v) is 3.24. The maximum Gasteiger partial charge on any atom is 0.232 e. The molecule has 3 rings (SSSR count). The van der Waals surface area contributed by atoms with Crippen LogP contribution in [0.2, 0.25) is 0 Å². The summed E-state index contributed by atoms with van der Waals surface area (Å²) in [6.45, 7) is 3.88. The highest BCUT2D eigenvalue weighted by Crippen LogP contribution is 2.38. The highest BCUT2D eigenvalue weighted by molar-refractivity contribution is 5.99. The van der Waals surface area contributed by atoms with E-state index in [1.165, 1.54) is 0 Å². The van der Waals surface area contributed by atoms with Crippen molar-refractivity contribution in [2.45, 2.75) is 26.2 Å². The number of nitrogens with zero attached hydrogens (tertiary/aromatic N) is 1. The molecule has 1 aromatic heterocycles. The molecule has 28 heavy (non-hydrogen) atoms. The quantitative estimate of drug-likeness (QED) is 0.632. The number of aromatic nitrogens is 2. The lowest BCUT2D eigenvalue weighted by Crippen LogP contribution is -2.21. The van der Waals surface area contributed by atoms with Crippen LogP contribution in [-0.4, -0.2) is 30.3 Å². The molecule has 0 spiro atoms. The predicted molar refractivity (Wildman–Crippen MR) is 110 cm³/mol. The third kappa shape index (κ3) is 3.86. The van der Waals surface area contributed by atoms with Crippen LogP contribution in [0.5, 0.6) is 11.5 Å². The summed E-state index contributed by atoms with van der Waals surface area (Å²) in [6, 6.07) is 15.3. The molecule has 146 valence electrons. The van der Waals surface area contributed by atoms with Crippen LogP contribution < -0.4 is 14.8 Å². The molecule has 2 aromatic carbocycles. The van der Waals surface area contributed by atoms with Crippen molar-refractivity contribution < 1.29 is 14.3 Å². The number of ether oxygens (including phenoxy) is 2. The summed E-state index contributed by atoms with van der Waals surface area (Å²) in [4.78, 5) is 13.0. The summed E-state index contributed by atoms with van der Waals surface area (Å²) in [6.07, 6.45) is 0.699. The van der Waals surface area contributed by atoms with Gasteiger partial charge in [0.15, 0.2) is 0 Å². The maximum absolute atomic E-state index is 13.0. The summed E-state index contributed by atoms with van der Waals surface area (Å²) in [7, 11) is 3.21. The fourth-order valence-electron chi connectivity index (χ4n) is 3.24. The Labute approximate surface area is 164 Å². The summed E-state index contributed by atoms with van der Waals surface area (Å²) >= 11 is 0. The number of carbonyl (C=O) groups is 1. The van der Waals surface area contributed by atoms with Crippen molar-refractivity contribution in [1.82, 2.24) is 10.2 Å². The van der Waals surface area contributed by atoms with Gasteiger partial charge in [0, 0.05) is 5.56 Å². The molecular formula is C22H25N3O3.